The number of rotatable bonds is 2. The molecule has 82 valence electrons. The van der Waals surface area contributed by atoms with Crippen molar-refractivity contribution in [3.8, 4) is 5.75 Å². The third-order valence-electron chi connectivity index (χ3n) is 1.76. The van der Waals surface area contributed by atoms with Crippen LogP contribution in [0.5, 0.6) is 5.75 Å². The molecule has 0 aliphatic rings. The highest BCUT2D eigenvalue weighted by Crippen LogP contribution is 2.09. The Bertz CT molecular complexity index is 481. The Morgan fingerprint density at radius 1 is 1.38 bits per heavy atom. The molecule has 0 bridgehead atoms. The van der Waals surface area contributed by atoms with Gasteiger partial charge < -0.3 is 4.74 Å². The summed E-state index contributed by atoms with van der Waals surface area (Å²) in [7, 11) is 0. The first-order valence-electron chi connectivity index (χ1n) is 4.67. The summed E-state index contributed by atoms with van der Waals surface area (Å²) < 4.78 is 4.98. The number of anilines is 1. The molecule has 1 aromatic carbocycles. The van der Waals surface area contributed by atoms with Crippen molar-refractivity contribution in [2.45, 2.75) is 6.92 Å². The summed E-state index contributed by atoms with van der Waals surface area (Å²) >= 11 is 0. The molecule has 0 aliphatic heterocycles. The lowest BCUT2D eigenvalue weighted by Gasteiger charge is -2.02. The number of aromatic nitrogens is 3. The largest absolute Gasteiger partial charge is 0.419 e. The van der Waals surface area contributed by atoms with Crippen LogP contribution in [0.1, 0.15) is 5.82 Å². The van der Waals surface area contributed by atoms with Gasteiger partial charge in [0.25, 0.3) is 5.95 Å². The Balaban J connectivity index is 1.95. The molecule has 0 radical (unpaired) electrons. The molecule has 0 saturated heterocycles. The molecular weight excluding hydrogens is 208 g/mol. The zero-order chi connectivity index (χ0) is 11.4. The third-order valence-corrected chi connectivity index (χ3v) is 1.76. The quantitative estimate of drug-likeness (QED) is 0.804. The van der Waals surface area contributed by atoms with Gasteiger partial charge in [-0.1, -0.05) is 18.2 Å². The van der Waals surface area contributed by atoms with Gasteiger partial charge in [-0.05, 0) is 19.1 Å². The summed E-state index contributed by atoms with van der Waals surface area (Å²) in [5.74, 6) is 1.28. The van der Waals surface area contributed by atoms with Crippen molar-refractivity contribution in [1.82, 2.24) is 15.2 Å². The summed E-state index contributed by atoms with van der Waals surface area (Å²) in [5, 5.41) is 8.75. The van der Waals surface area contributed by atoms with Crippen LogP contribution in [0.15, 0.2) is 30.3 Å². The van der Waals surface area contributed by atoms with Crippen LogP contribution in [-0.4, -0.2) is 21.3 Å². The van der Waals surface area contributed by atoms with Crippen LogP contribution in [0.2, 0.25) is 0 Å². The van der Waals surface area contributed by atoms with Crippen LogP contribution < -0.4 is 10.1 Å². The summed E-state index contributed by atoms with van der Waals surface area (Å²) in [6, 6.07) is 8.76. The monoisotopic (exact) mass is 218 g/mol. The normalized spacial score (nSPS) is 9.81. The van der Waals surface area contributed by atoms with E-state index in [0.29, 0.717) is 11.6 Å². The number of aryl methyl sites for hydroxylation is 1. The number of hydrogen-bond acceptors (Lipinski definition) is 4. The van der Waals surface area contributed by atoms with Crippen LogP contribution >= 0.6 is 0 Å². The maximum atomic E-state index is 11.4. The van der Waals surface area contributed by atoms with Crippen LogP contribution in [0.25, 0.3) is 0 Å². The van der Waals surface area contributed by atoms with E-state index in [4.69, 9.17) is 4.74 Å². The average molecular weight is 218 g/mol. The Kier molecular flexibility index (Phi) is 2.81. The minimum Gasteiger partial charge on any atom is -0.410 e. The number of ether oxygens (including phenoxy) is 1. The first-order chi connectivity index (χ1) is 7.74. The smallest absolute Gasteiger partial charge is 0.410 e. The standard InChI is InChI=1S/C10H10N4O2/c1-7-11-9(14-13-7)12-10(15)16-8-5-3-2-4-6-8/h2-6H,1H3,(H2,11,12,13,14,15). The van der Waals surface area contributed by atoms with Gasteiger partial charge in [-0.25, -0.2) is 4.79 Å². The molecule has 1 heterocycles. The number of amides is 1. The predicted molar refractivity (Wildman–Crippen MR) is 57.2 cm³/mol. The van der Waals surface area contributed by atoms with E-state index in [0.717, 1.165) is 0 Å². The number of H-pyrrole nitrogens is 1. The molecule has 0 unspecified atom stereocenters. The molecule has 1 amide bonds. The lowest BCUT2D eigenvalue weighted by atomic mass is 10.3. The van der Waals surface area contributed by atoms with E-state index in [1.54, 1.807) is 31.2 Å². The molecule has 0 fully saturated rings. The first-order valence-corrected chi connectivity index (χ1v) is 4.67. The summed E-state index contributed by atoms with van der Waals surface area (Å²) in [4.78, 5) is 15.3. The number of nitrogens with one attached hydrogen (secondary N) is 2. The minimum absolute atomic E-state index is 0.193. The zero-order valence-electron chi connectivity index (χ0n) is 8.60. The van der Waals surface area contributed by atoms with E-state index in [-0.39, 0.29) is 5.95 Å². The molecule has 0 spiro atoms. The molecule has 2 rings (SSSR count). The van der Waals surface area contributed by atoms with E-state index < -0.39 is 6.09 Å². The second kappa shape index (κ2) is 4.43. The zero-order valence-corrected chi connectivity index (χ0v) is 8.60. The number of carbonyl (C=O) groups is 1. The van der Waals surface area contributed by atoms with Crippen molar-refractivity contribution in [3.63, 3.8) is 0 Å². The molecule has 0 atom stereocenters. The number of nitrogens with zero attached hydrogens (tertiary/aromatic N) is 2. The Morgan fingerprint density at radius 3 is 2.75 bits per heavy atom. The summed E-state index contributed by atoms with van der Waals surface area (Å²) in [5.41, 5.74) is 0. The van der Waals surface area contributed by atoms with Crippen molar-refractivity contribution >= 4 is 12.0 Å². The molecule has 1 aromatic heterocycles. The number of benzene rings is 1. The fourth-order valence-electron chi connectivity index (χ4n) is 1.11. The SMILES string of the molecule is Cc1nc(NC(=O)Oc2ccccc2)n[nH]1. The molecule has 2 aromatic rings. The average Bonchev–Trinajstić information content (AvgIpc) is 2.65. The molecular formula is C10H10N4O2. The summed E-state index contributed by atoms with van der Waals surface area (Å²) in [6.45, 7) is 1.74. The number of carbonyl (C=O) groups excluding carboxylic acids is 1. The fourth-order valence-corrected chi connectivity index (χ4v) is 1.11. The van der Waals surface area contributed by atoms with E-state index in [1.165, 1.54) is 0 Å². The molecule has 0 saturated carbocycles. The topological polar surface area (TPSA) is 79.9 Å². The lowest BCUT2D eigenvalue weighted by molar-refractivity contribution is 0.215. The summed E-state index contributed by atoms with van der Waals surface area (Å²) in [6.07, 6.45) is -0.620. The number of hydrogen-bond donors (Lipinski definition) is 2. The van der Waals surface area contributed by atoms with Crippen molar-refractivity contribution in [2.75, 3.05) is 5.32 Å². The predicted octanol–water partition coefficient (Wildman–Crippen LogP) is 1.72. The van der Waals surface area contributed by atoms with Gasteiger partial charge in [-0.2, -0.15) is 4.98 Å². The highest BCUT2D eigenvalue weighted by Gasteiger charge is 2.07. The highest BCUT2D eigenvalue weighted by molar-refractivity contribution is 5.83. The van der Waals surface area contributed by atoms with Gasteiger partial charge in [-0.3, -0.25) is 10.4 Å². The number of para-hydroxylation sites is 1. The van der Waals surface area contributed by atoms with Gasteiger partial charge in [0, 0.05) is 0 Å². The molecule has 0 aliphatic carbocycles. The lowest BCUT2D eigenvalue weighted by Crippen LogP contribution is -2.17. The van der Waals surface area contributed by atoms with Crippen LogP contribution in [0.4, 0.5) is 10.7 Å². The van der Waals surface area contributed by atoms with Crippen LogP contribution in [0, 0.1) is 6.92 Å². The van der Waals surface area contributed by atoms with E-state index in [2.05, 4.69) is 20.5 Å². The van der Waals surface area contributed by atoms with Gasteiger partial charge in [0.05, 0.1) is 0 Å². The Hall–Kier alpha value is -2.37. The van der Waals surface area contributed by atoms with E-state index in [1.807, 2.05) is 6.07 Å². The van der Waals surface area contributed by atoms with Crippen molar-refractivity contribution < 1.29 is 9.53 Å². The van der Waals surface area contributed by atoms with Gasteiger partial charge >= 0.3 is 6.09 Å². The highest BCUT2D eigenvalue weighted by atomic mass is 16.6. The maximum Gasteiger partial charge on any atom is 0.419 e. The molecule has 6 nitrogen and oxygen atoms in total. The second-order valence-corrected chi connectivity index (χ2v) is 3.07. The maximum absolute atomic E-state index is 11.4. The number of aromatic amines is 1. The molecule has 6 heteroatoms. The third kappa shape index (κ3) is 2.57. The first kappa shape index (κ1) is 10.2. The molecule has 16 heavy (non-hydrogen) atoms. The van der Waals surface area contributed by atoms with Crippen molar-refractivity contribution in [3.05, 3.63) is 36.2 Å². The van der Waals surface area contributed by atoms with Crippen LogP contribution in [-0.2, 0) is 0 Å². The fraction of sp³-hybridized carbons (Fsp3) is 0.100. The van der Waals surface area contributed by atoms with Gasteiger partial charge in [0.1, 0.15) is 11.6 Å². The molecule has 2 N–H and O–H groups in total. The van der Waals surface area contributed by atoms with Gasteiger partial charge in [0.2, 0.25) is 0 Å². The van der Waals surface area contributed by atoms with E-state index in [9.17, 15) is 4.79 Å². The van der Waals surface area contributed by atoms with Gasteiger partial charge in [-0.15, -0.1) is 5.10 Å². The Morgan fingerprint density at radius 2 is 2.12 bits per heavy atom. The van der Waals surface area contributed by atoms with Crippen LogP contribution in [0.3, 0.4) is 0 Å². The second-order valence-electron chi connectivity index (χ2n) is 3.07. The minimum atomic E-state index is -0.620. The van der Waals surface area contributed by atoms with Gasteiger partial charge in [0.15, 0.2) is 0 Å². The van der Waals surface area contributed by atoms with Crippen molar-refractivity contribution in [1.29, 1.82) is 0 Å². The Labute approximate surface area is 91.7 Å². The van der Waals surface area contributed by atoms with E-state index >= 15 is 0 Å². The van der Waals surface area contributed by atoms with Crippen molar-refractivity contribution in [2.24, 2.45) is 0 Å².